The molecule has 0 atom stereocenters. The summed E-state index contributed by atoms with van der Waals surface area (Å²) in [4.78, 5) is 19.6. The largest absolute Gasteiger partial charge is 0.507 e. The molecule has 7 rings (SSSR count). The highest BCUT2D eigenvalue weighted by Crippen LogP contribution is 2.39. The Balaban J connectivity index is 1.30. The summed E-state index contributed by atoms with van der Waals surface area (Å²) in [6.45, 7) is 0. The van der Waals surface area contributed by atoms with E-state index in [1.165, 1.54) is 28.3 Å². The van der Waals surface area contributed by atoms with E-state index < -0.39 is 5.97 Å². The second-order valence-electron chi connectivity index (χ2n) is 9.23. The Kier molecular flexibility index (Phi) is 4.29. The first-order valence-electron chi connectivity index (χ1n) is 11.8. The number of carbonyl (C=O) groups is 1. The van der Waals surface area contributed by atoms with E-state index in [9.17, 15) is 15.0 Å². The van der Waals surface area contributed by atoms with Gasteiger partial charge in [0, 0.05) is 5.56 Å². The lowest BCUT2D eigenvalue weighted by Gasteiger charge is -2.07. The average Bonchev–Trinajstić information content (AvgIpc) is 3.49. The number of nitrogens with one attached hydrogen (secondary N) is 1. The summed E-state index contributed by atoms with van der Waals surface area (Å²) in [6.07, 6.45) is 0.947. The number of aromatic amines is 1. The van der Waals surface area contributed by atoms with Crippen molar-refractivity contribution in [2.24, 2.45) is 0 Å². The summed E-state index contributed by atoms with van der Waals surface area (Å²) in [5, 5.41) is 21.1. The van der Waals surface area contributed by atoms with E-state index in [-0.39, 0.29) is 11.3 Å². The molecule has 0 bridgehead atoms. The summed E-state index contributed by atoms with van der Waals surface area (Å²) >= 11 is 0. The highest BCUT2D eigenvalue weighted by Gasteiger charge is 2.19. The highest BCUT2D eigenvalue weighted by molar-refractivity contribution is 6.10. The fourth-order valence-corrected chi connectivity index (χ4v) is 5.34. The van der Waals surface area contributed by atoms with E-state index in [1.807, 2.05) is 18.2 Å². The fourth-order valence-electron chi connectivity index (χ4n) is 5.34. The molecule has 0 spiro atoms. The number of imidazole rings is 1. The molecule has 6 aromatic rings. The second-order valence-corrected chi connectivity index (χ2v) is 9.23. The van der Waals surface area contributed by atoms with Crippen LogP contribution in [0.25, 0.3) is 55.4 Å². The number of H-pyrrole nitrogens is 1. The maximum atomic E-state index is 11.4. The molecule has 0 radical (unpaired) electrons. The third kappa shape index (κ3) is 3.10. The smallest absolute Gasteiger partial charge is 0.335 e. The van der Waals surface area contributed by atoms with Crippen molar-refractivity contribution >= 4 is 27.8 Å². The first-order chi connectivity index (χ1) is 17.5. The Morgan fingerprint density at radius 3 is 2.47 bits per heavy atom. The van der Waals surface area contributed by atoms with Gasteiger partial charge in [-0.1, -0.05) is 66.7 Å². The topological polar surface area (TPSA) is 86.2 Å². The van der Waals surface area contributed by atoms with Crippen LogP contribution < -0.4 is 0 Å². The lowest BCUT2D eigenvalue weighted by Crippen LogP contribution is -1.95. The SMILES string of the molecule is O=C(O)c1cc(O)c2c(ccc3[nH]c(-c4cccc(-c5ccc6c(c5)Cc5ccccc5-6)c4)nc32)c1. The minimum absolute atomic E-state index is 0.0419. The van der Waals surface area contributed by atoms with Crippen LogP contribution in [0.1, 0.15) is 21.5 Å². The lowest BCUT2D eigenvalue weighted by molar-refractivity contribution is 0.0696. The normalized spacial score (nSPS) is 12.1. The molecule has 172 valence electrons. The molecule has 3 N–H and O–H groups in total. The van der Waals surface area contributed by atoms with Crippen molar-refractivity contribution in [2.75, 3.05) is 0 Å². The number of fused-ring (bicyclic) bond motifs is 6. The van der Waals surface area contributed by atoms with Crippen LogP contribution >= 0.6 is 0 Å². The standard InChI is InChI=1S/C31H20N2O3/c34-27-16-23(31(35)36)15-20-9-11-26-29(28(20)27)33-30(32-26)21-6-3-5-17(12-21)18-8-10-25-22(13-18)14-19-4-1-2-7-24(19)25/h1-13,15-16,34H,14H2,(H,32,33)(H,35,36). The Morgan fingerprint density at radius 1 is 0.778 bits per heavy atom. The summed E-state index contributed by atoms with van der Waals surface area (Å²) < 4.78 is 0. The van der Waals surface area contributed by atoms with Gasteiger partial charge in [-0.15, -0.1) is 0 Å². The molecule has 1 heterocycles. The molecule has 1 aliphatic carbocycles. The number of hydrogen-bond donors (Lipinski definition) is 3. The quantitative estimate of drug-likeness (QED) is 0.260. The van der Waals surface area contributed by atoms with E-state index >= 15 is 0 Å². The number of rotatable bonds is 3. The zero-order valence-corrected chi connectivity index (χ0v) is 19.1. The maximum Gasteiger partial charge on any atom is 0.335 e. The number of aromatic carboxylic acids is 1. The Hall–Kier alpha value is -4.90. The Morgan fingerprint density at radius 2 is 1.58 bits per heavy atom. The number of benzene rings is 5. The third-order valence-electron chi connectivity index (χ3n) is 7.06. The van der Waals surface area contributed by atoms with Crippen LogP contribution in [0.3, 0.4) is 0 Å². The summed E-state index contributed by atoms with van der Waals surface area (Å²) in [7, 11) is 0. The number of aromatic hydroxyl groups is 1. The number of carboxylic acid groups (broad SMARTS) is 1. The molecule has 0 unspecified atom stereocenters. The molecular weight excluding hydrogens is 448 g/mol. The van der Waals surface area contributed by atoms with Gasteiger partial charge in [-0.2, -0.15) is 0 Å². The number of nitrogens with zero attached hydrogens (tertiary/aromatic N) is 1. The summed E-state index contributed by atoms with van der Waals surface area (Å²) in [5.41, 5.74) is 9.95. The van der Waals surface area contributed by atoms with Gasteiger partial charge in [0.25, 0.3) is 0 Å². The van der Waals surface area contributed by atoms with Crippen molar-refractivity contribution in [3.8, 4) is 39.4 Å². The van der Waals surface area contributed by atoms with Gasteiger partial charge in [0.15, 0.2) is 0 Å². The zero-order valence-electron chi connectivity index (χ0n) is 19.1. The molecule has 1 aliphatic rings. The van der Waals surface area contributed by atoms with Crippen molar-refractivity contribution in [2.45, 2.75) is 6.42 Å². The minimum atomic E-state index is -1.08. The van der Waals surface area contributed by atoms with Gasteiger partial charge in [-0.25, -0.2) is 9.78 Å². The lowest BCUT2D eigenvalue weighted by atomic mass is 9.98. The molecule has 0 saturated carbocycles. The molecule has 0 saturated heterocycles. The van der Waals surface area contributed by atoms with Crippen molar-refractivity contribution in [3.05, 3.63) is 108 Å². The fraction of sp³-hybridized carbons (Fsp3) is 0.0323. The molecular formula is C31H20N2O3. The number of phenols is 1. The average molecular weight is 469 g/mol. The van der Waals surface area contributed by atoms with Crippen LogP contribution in [0.4, 0.5) is 0 Å². The van der Waals surface area contributed by atoms with Gasteiger partial charge >= 0.3 is 5.97 Å². The van der Waals surface area contributed by atoms with Gasteiger partial charge in [0.1, 0.15) is 17.1 Å². The molecule has 0 amide bonds. The van der Waals surface area contributed by atoms with Crippen molar-refractivity contribution < 1.29 is 15.0 Å². The number of aromatic nitrogens is 2. The summed E-state index contributed by atoms with van der Waals surface area (Å²) in [5.74, 6) is -0.488. The first-order valence-corrected chi connectivity index (χ1v) is 11.8. The second kappa shape index (κ2) is 7.55. The predicted octanol–water partition coefficient (Wildman–Crippen LogP) is 7.03. The van der Waals surface area contributed by atoms with Gasteiger partial charge in [0.05, 0.1) is 16.5 Å². The van der Waals surface area contributed by atoms with E-state index in [0.717, 1.165) is 28.6 Å². The maximum absolute atomic E-state index is 11.4. The van der Waals surface area contributed by atoms with Crippen LogP contribution in [-0.2, 0) is 6.42 Å². The molecule has 0 fully saturated rings. The van der Waals surface area contributed by atoms with Crippen LogP contribution in [0.2, 0.25) is 0 Å². The molecule has 1 aromatic heterocycles. The first kappa shape index (κ1) is 20.5. The van der Waals surface area contributed by atoms with Gasteiger partial charge < -0.3 is 15.2 Å². The van der Waals surface area contributed by atoms with Crippen molar-refractivity contribution in [1.82, 2.24) is 9.97 Å². The Bertz CT molecular complexity index is 1870. The van der Waals surface area contributed by atoms with Crippen LogP contribution in [-0.4, -0.2) is 26.2 Å². The third-order valence-corrected chi connectivity index (χ3v) is 7.06. The Labute approximate surface area is 206 Å². The monoisotopic (exact) mass is 468 g/mol. The minimum Gasteiger partial charge on any atom is -0.507 e. The predicted molar refractivity (Wildman–Crippen MR) is 141 cm³/mol. The molecule has 5 aromatic carbocycles. The molecule has 5 heteroatoms. The highest BCUT2D eigenvalue weighted by atomic mass is 16.4. The zero-order chi connectivity index (χ0) is 24.4. The van der Waals surface area contributed by atoms with Crippen LogP contribution in [0, 0.1) is 0 Å². The van der Waals surface area contributed by atoms with Crippen molar-refractivity contribution in [3.63, 3.8) is 0 Å². The summed E-state index contributed by atoms with van der Waals surface area (Å²) in [6, 6.07) is 30.0. The van der Waals surface area contributed by atoms with Gasteiger partial charge in [0.2, 0.25) is 0 Å². The molecule has 5 nitrogen and oxygen atoms in total. The number of phenolic OH excluding ortho intramolecular Hbond substituents is 1. The van der Waals surface area contributed by atoms with E-state index in [1.54, 1.807) is 12.1 Å². The van der Waals surface area contributed by atoms with Crippen LogP contribution in [0.5, 0.6) is 5.75 Å². The number of carboxylic acids is 1. The molecule has 36 heavy (non-hydrogen) atoms. The van der Waals surface area contributed by atoms with Crippen LogP contribution in [0.15, 0.2) is 91.0 Å². The number of hydrogen-bond acceptors (Lipinski definition) is 3. The van der Waals surface area contributed by atoms with E-state index in [2.05, 4.69) is 59.6 Å². The molecule has 0 aliphatic heterocycles. The van der Waals surface area contributed by atoms with E-state index in [0.29, 0.717) is 22.1 Å². The van der Waals surface area contributed by atoms with Crippen molar-refractivity contribution in [1.29, 1.82) is 0 Å². The van der Waals surface area contributed by atoms with Gasteiger partial charge in [-0.05, 0) is 69.5 Å². The van der Waals surface area contributed by atoms with E-state index in [4.69, 9.17) is 4.98 Å². The van der Waals surface area contributed by atoms with Gasteiger partial charge in [-0.3, -0.25) is 0 Å².